The van der Waals surface area contributed by atoms with Crippen LogP contribution in [0.3, 0.4) is 0 Å². The number of nitrogens with zero attached hydrogens (tertiary/aromatic N) is 1. The molecule has 0 N–H and O–H groups in total. The van der Waals surface area contributed by atoms with Gasteiger partial charge in [-0.1, -0.05) is 5.16 Å². The van der Waals surface area contributed by atoms with Crippen molar-refractivity contribution in [3.05, 3.63) is 36.1 Å². The van der Waals surface area contributed by atoms with Gasteiger partial charge in [0.25, 0.3) is 0 Å². The predicted octanol–water partition coefficient (Wildman–Crippen LogP) is 2.87. The Hall–Kier alpha value is -1.16. The summed E-state index contributed by atoms with van der Waals surface area (Å²) in [6.07, 6.45) is 3.28. The molecule has 2 aromatic heterocycles. The van der Waals surface area contributed by atoms with Crippen molar-refractivity contribution in [2.45, 2.75) is 17.6 Å². The van der Waals surface area contributed by atoms with Crippen LogP contribution in [0.5, 0.6) is 0 Å². The lowest BCUT2D eigenvalue weighted by atomic mass is 10.5. The van der Waals surface area contributed by atoms with Crippen LogP contribution < -0.4 is 0 Å². The van der Waals surface area contributed by atoms with Crippen molar-refractivity contribution in [1.82, 2.24) is 5.16 Å². The fraction of sp³-hybridized carbons (Fsp3) is 0.222. The Morgan fingerprint density at radius 2 is 2.31 bits per heavy atom. The van der Waals surface area contributed by atoms with Crippen molar-refractivity contribution < 1.29 is 8.94 Å². The molecule has 0 radical (unpaired) electrons. The maximum atomic E-state index is 5.17. The first-order valence-corrected chi connectivity index (χ1v) is 4.91. The molecule has 0 atom stereocenters. The van der Waals surface area contributed by atoms with E-state index in [9.17, 15) is 0 Å². The SMILES string of the molecule is Cc1occc1SCc1ccon1. The Balaban J connectivity index is 1.97. The fourth-order valence-corrected chi connectivity index (χ4v) is 1.84. The molecule has 2 heterocycles. The minimum absolute atomic E-state index is 0.816. The molecule has 4 heteroatoms. The van der Waals surface area contributed by atoms with Crippen molar-refractivity contribution in [2.75, 3.05) is 0 Å². The summed E-state index contributed by atoms with van der Waals surface area (Å²) < 4.78 is 9.90. The summed E-state index contributed by atoms with van der Waals surface area (Å²) in [6.45, 7) is 1.95. The summed E-state index contributed by atoms with van der Waals surface area (Å²) in [7, 11) is 0. The first-order valence-electron chi connectivity index (χ1n) is 3.92. The zero-order valence-corrected chi connectivity index (χ0v) is 8.00. The molecule has 0 aromatic carbocycles. The zero-order valence-electron chi connectivity index (χ0n) is 7.19. The summed E-state index contributed by atoms with van der Waals surface area (Å²) in [4.78, 5) is 1.16. The third kappa shape index (κ3) is 1.95. The van der Waals surface area contributed by atoms with Crippen LogP contribution in [0.1, 0.15) is 11.5 Å². The smallest absolute Gasteiger partial charge is 0.124 e. The molecule has 0 saturated carbocycles. The lowest BCUT2D eigenvalue weighted by Crippen LogP contribution is -1.78. The van der Waals surface area contributed by atoms with Gasteiger partial charge in [0.05, 0.1) is 12.0 Å². The van der Waals surface area contributed by atoms with Gasteiger partial charge in [-0.25, -0.2) is 0 Å². The lowest BCUT2D eigenvalue weighted by molar-refractivity contribution is 0.414. The minimum atomic E-state index is 0.816. The largest absolute Gasteiger partial charge is 0.468 e. The molecular formula is C9H9NO2S. The second-order valence-electron chi connectivity index (χ2n) is 2.62. The van der Waals surface area contributed by atoms with E-state index in [-0.39, 0.29) is 0 Å². The highest BCUT2D eigenvalue weighted by atomic mass is 32.2. The molecule has 0 amide bonds. The van der Waals surface area contributed by atoms with E-state index < -0.39 is 0 Å². The maximum Gasteiger partial charge on any atom is 0.124 e. The van der Waals surface area contributed by atoms with Gasteiger partial charge in [-0.15, -0.1) is 11.8 Å². The lowest BCUT2D eigenvalue weighted by Gasteiger charge is -1.94. The van der Waals surface area contributed by atoms with Crippen molar-refractivity contribution in [2.24, 2.45) is 0 Å². The predicted molar refractivity (Wildman–Crippen MR) is 49.5 cm³/mol. The van der Waals surface area contributed by atoms with Crippen LogP contribution in [-0.4, -0.2) is 5.16 Å². The Kier molecular flexibility index (Phi) is 2.40. The van der Waals surface area contributed by atoms with Crippen LogP contribution in [0.25, 0.3) is 0 Å². The van der Waals surface area contributed by atoms with Crippen LogP contribution in [-0.2, 0) is 5.75 Å². The molecule has 0 saturated heterocycles. The summed E-state index contributed by atoms with van der Waals surface area (Å²) >= 11 is 1.70. The molecule has 68 valence electrons. The van der Waals surface area contributed by atoms with E-state index >= 15 is 0 Å². The van der Waals surface area contributed by atoms with E-state index in [0.29, 0.717) is 0 Å². The molecule has 2 rings (SSSR count). The summed E-state index contributed by atoms with van der Waals surface area (Å²) in [6, 6.07) is 3.82. The average Bonchev–Trinajstić information content (AvgIpc) is 2.72. The molecule has 0 spiro atoms. The van der Waals surface area contributed by atoms with Crippen molar-refractivity contribution >= 4 is 11.8 Å². The fourth-order valence-electron chi connectivity index (χ4n) is 0.987. The zero-order chi connectivity index (χ0) is 9.10. The normalized spacial score (nSPS) is 10.5. The molecule has 0 aliphatic carbocycles. The molecule has 0 fully saturated rings. The van der Waals surface area contributed by atoms with E-state index in [1.807, 2.05) is 19.1 Å². The third-order valence-corrected chi connectivity index (χ3v) is 2.85. The Morgan fingerprint density at radius 1 is 1.38 bits per heavy atom. The van der Waals surface area contributed by atoms with Crippen LogP contribution in [0.2, 0.25) is 0 Å². The molecule has 2 aromatic rings. The van der Waals surface area contributed by atoms with Gasteiger partial charge in [-0.05, 0) is 13.0 Å². The number of rotatable bonds is 3. The van der Waals surface area contributed by atoms with Gasteiger partial charge >= 0.3 is 0 Å². The van der Waals surface area contributed by atoms with Gasteiger partial charge in [0.1, 0.15) is 12.0 Å². The van der Waals surface area contributed by atoms with Gasteiger partial charge in [-0.3, -0.25) is 0 Å². The van der Waals surface area contributed by atoms with E-state index in [1.165, 1.54) is 0 Å². The van der Waals surface area contributed by atoms with Gasteiger partial charge in [0, 0.05) is 16.7 Å². The molecule has 13 heavy (non-hydrogen) atoms. The van der Waals surface area contributed by atoms with Crippen LogP contribution in [0.15, 0.2) is 38.5 Å². The van der Waals surface area contributed by atoms with Crippen LogP contribution in [0.4, 0.5) is 0 Å². The number of thioether (sulfide) groups is 1. The monoisotopic (exact) mass is 195 g/mol. The molecule has 0 bridgehead atoms. The molecule has 3 nitrogen and oxygen atoms in total. The minimum Gasteiger partial charge on any atom is -0.468 e. The van der Waals surface area contributed by atoms with Gasteiger partial charge < -0.3 is 8.94 Å². The van der Waals surface area contributed by atoms with Gasteiger partial charge in [-0.2, -0.15) is 0 Å². The molecule has 0 aliphatic heterocycles. The summed E-state index contributed by atoms with van der Waals surface area (Å²) in [5, 5.41) is 3.82. The Labute approximate surface area is 80.1 Å². The third-order valence-electron chi connectivity index (χ3n) is 1.68. The van der Waals surface area contributed by atoms with Gasteiger partial charge in [0.2, 0.25) is 0 Å². The molecular weight excluding hydrogens is 186 g/mol. The Morgan fingerprint density at radius 3 is 2.92 bits per heavy atom. The average molecular weight is 195 g/mol. The molecule has 0 aliphatic rings. The van der Waals surface area contributed by atoms with Crippen molar-refractivity contribution in [1.29, 1.82) is 0 Å². The van der Waals surface area contributed by atoms with E-state index in [2.05, 4.69) is 5.16 Å². The topological polar surface area (TPSA) is 39.2 Å². The highest BCUT2D eigenvalue weighted by Crippen LogP contribution is 2.25. The van der Waals surface area contributed by atoms with Crippen LogP contribution in [0, 0.1) is 6.92 Å². The van der Waals surface area contributed by atoms with E-state index in [1.54, 1.807) is 24.3 Å². The van der Waals surface area contributed by atoms with E-state index in [0.717, 1.165) is 22.1 Å². The quantitative estimate of drug-likeness (QED) is 0.706. The van der Waals surface area contributed by atoms with Crippen molar-refractivity contribution in [3.8, 4) is 0 Å². The summed E-state index contributed by atoms with van der Waals surface area (Å²) in [5.41, 5.74) is 0.950. The second-order valence-corrected chi connectivity index (χ2v) is 3.64. The maximum absolute atomic E-state index is 5.17. The van der Waals surface area contributed by atoms with Crippen molar-refractivity contribution in [3.63, 3.8) is 0 Å². The summed E-state index contributed by atoms with van der Waals surface area (Å²) in [5.74, 6) is 1.77. The highest BCUT2D eigenvalue weighted by Gasteiger charge is 2.03. The van der Waals surface area contributed by atoms with Crippen LogP contribution >= 0.6 is 11.8 Å². The highest BCUT2D eigenvalue weighted by molar-refractivity contribution is 7.98. The number of furan rings is 1. The Bertz CT molecular complexity index is 367. The molecule has 0 unspecified atom stereocenters. The number of hydrogen-bond acceptors (Lipinski definition) is 4. The number of aromatic nitrogens is 1. The van der Waals surface area contributed by atoms with Gasteiger partial charge in [0.15, 0.2) is 0 Å². The van der Waals surface area contributed by atoms with E-state index in [4.69, 9.17) is 8.94 Å². The first-order chi connectivity index (χ1) is 6.36. The second kappa shape index (κ2) is 3.70. The standard InChI is InChI=1S/C9H9NO2S/c1-7-9(3-4-11-7)13-6-8-2-5-12-10-8/h2-5H,6H2,1H3. The number of hydrogen-bond donors (Lipinski definition) is 0. The number of aryl methyl sites for hydroxylation is 1. The first kappa shape index (κ1) is 8.44.